The first-order valence-electron chi connectivity index (χ1n) is 7.76. The summed E-state index contributed by atoms with van der Waals surface area (Å²) in [7, 11) is 0. The number of fused-ring (bicyclic) bond motifs is 3. The number of ether oxygens (including phenoxy) is 1. The van der Waals surface area contributed by atoms with Gasteiger partial charge in [-0.15, -0.1) is 0 Å². The smallest absolute Gasteiger partial charge is 0.322 e. The van der Waals surface area contributed by atoms with Crippen LogP contribution in [0.5, 0.6) is 0 Å². The largest absolute Gasteiger partial charge is 0.460 e. The Balaban J connectivity index is 2.19. The zero-order valence-electron chi connectivity index (χ0n) is 13.6. The zero-order valence-corrected chi connectivity index (χ0v) is 16.8. The minimum Gasteiger partial charge on any atom is -0.460 e. The Labute approximate surface area is 158 Å². The van der Waals surface area contributed by atoms with Gasteiger partial charge >= 0.3 is 5.97 Å². The van der Waals surface area contributed by atoms with Crippen molar-refractivity contribution in [1.82, 2.24) is 0 Å². The maximum atomic E-state index is 12.2. The van der Waals surface area contributed by atoms with Crippen molar-refractivity contribution >= 4 is 59.4 Å². The van der Waals surface area contributed by atoms with Crippen LogP contribution in [0.15, 0.2) is 48.5 Å². The van der Waals surface area contributed by atoms with Crippen LogP contribution in [0, 0.1) is 0 Å². The number of alkyl halides is 2. The molecule has 0 unspecified atom stereocenters. The highest BCUT2D eigenvalue weighted by Crippen LogP contribution is 2.34. The van der Waals surface area contributed by atoms with Crippen LogP contribution in [-0.4, -0.2) is 10.3 Å². The van der Waals surface area contributed by atoms with Crippen molar-refractivity contribution in [3.05, 3.63) is 59.7 Å². The molecule has 0 heterocycles. The molecule has 0 saturated carbocycles. The van der Waals surface area contributed by atoms with E-state index in [2.05, 4.69) is 62.2 Å². The van der Waals surface area contributed by atoms with E-state index in [0.29, 0.717) is 5.33 Å². The Morgan fingerprint density at radius 1 is 0.917 bits per heavy atom. The molecule has 3 aromatic carbocycles. The number of carbonyl (C=O) groups excluding carboxylic acids is 1. The molecular formula is C20H18Br2O2. The number of halogens is 2. The van der Waals surface area contributed by atoms with Crippen LogP contribution in [0.25, 0.3) is 21.5 Å². The molecule has 3 aromatic rings. The Hall–Kier alpha value is -1.39. The van der Waals surface area contributed by atoms with E-state index in [1.807, 2.05) is 18.2 Å². The fourth-order valence-corrected chi connectivity index (χ4v) is 3.67. The lowest BCUT2D eigenvalue weighted by Crippen LogP contribution is -2.26. The van der Waals surface area contributed by atoms with Crippen molar-refractivity contribution < 1.29 is 9.53 Å². The summed E-state index contributed by atoms with van der Waals surface area (Å²) in [5.41, 5.74) is 2.23. The lowest BCUT2D eigenvalue weighted by atomic mass is 9.93. The van der Waals surface area contributed by atoms with Crippen molar-refractivity contribution in [2.45, 2.75) is 30.1 Å². The van der Waals surface area contributed by atoms with Gasteiger partial charge < -0.3 is 4.74 Å². The molecule has 0 aliphatic heterocycles. The molecule has 0 N–H and O–H groups in total. The maximum Gasteiger partial charge on any atom is 0.322 e. The molecule has 4 heteroatoms. The van der Waals surface area contributed by atoms with Gasteiger partial charge in [0.1, 0.15) is 10.9 Å². The number of benzene rings is 3. The van der Waals surface area contributed by atoms with Gasteiger partial charge in [-0.25, -0.2) is 0 Å². The molecule has 0 aliphatic carbocycles. The summed E-state index contributed by atoms with van der Waals surface area (Å²) in [6, 6.07) is 16.6. The van der Waals surface area contributed by atoms with E-state index in [9.17, 15) is 4.79 Å². The molecule has 0 spiro atoms. The van der Waals surface area contributed by atoms with Gasteiger partial charge in [0, 0.05) is 10.9 Å². The van der Waals surface area contributed by atoms with Crippen molar-refractivity contribution in [3.63, 3.8) is 0 Å². The minimum absolute atomic E-state index is 0.264. The molecular weight excluding hydrogens is 432 g/mol. The molecule has 124 valence electrons. The molecule has 0 aliphatic rings. The van der Waals surface area contributed by atoms with E-state index in [-0.39, 0.29) is 12.6 Å². The third-order valence-corrected chi connectivity index (χ3v) is 5.01. The second-order valence-corrected chi connectivity index (χ2v) is 8.77. The van der Waals surface area contributed by atoms with Crippen LogP contribution >= 0.6 is 31.9 Å². The van der Waals surface area contributed by atoms with Crippen LogP contribution in [0.1, 0.15) is 25.0 Å². The summed E-state index contributed by atoms with van der Waals surface area (Å²) in [5, 5.41) is 5.44. The molecule has 0 saturated heterocycles. The topological polar surface area (TPSA) is 26.3 Å². The number of hydrogen-bond donors (Lipinski definition) is 0. The summed E-state index contributed by atoms with van der Waals surface area (Å²) in [6.07, 6.45) is 0. The van der Waals surface area contributed by atoms with Gasteiger partial charge in [0.15, 0.2) is 0 Å². The van der Waals surface area contributed by atoms with Crippen LogP contribution < -0.4 is 0 Å². The second-order valence-electron chi connectivity index (χ2n) is 6.23. The van der Waals surface area contributed by atoms with Crippen molar-refractivity contribution in [2.75, 3.05) is 0 Å². The summed E-state index contributed by atoms with van der Waals surface area (Å²) >= 11 is 6.97. The summed E-state index contributed by atoms with van der Waals surface area (Å²) < 4.78 is 4.90. The van der Waals surface area contributed by atoms with E-state index in [0.717, 1.165) is 10.9 Å². The minimum atomic E-state index is -0.686. The predicted octanol–water partition coefficient (Wildman–Crippen LogP) is 6.10. The fraction of sp³-hybridized carbons (Fsp3) is 0.250. The second kappa shape index (κ2) is 6.85. The molecule has 0 aromatic heterocycles. The standard InChI is InChI=1S/C20H18Br2O2/c1-20(2,22)19(23)24-12-18-16-10-6-4-8-14(16)13-7-3-5-9-15(13)17(18)11-21/h3-10H,11-12H2,1-2H3. The monoisotopic (exact) mass is 448 g/mol. The Morgan fingerprint density at radius 2 is 1.38 bits per heavy atom. The van der Waals surface area contributed by atoms with Crippen LogP contribution in [0.4, 0.5) is 0 Å². The highest BCUT2D eigenvalue weighted by Gasteiger charge is 2.26. The molecule has 0 radical (unpaired) electrons. The van der Waals surface area contributed by atoms with Gasteiger partial charge in [0.05, 0.1) is 0 Å². The van der Waals surface area contributed by atoms with Gasteiger partial charge in [-0.2, -0.15) is 0 Å². The van der Waals surface area contributed by atoms with Crippen molar-refractivity contribution in [3.8, 4) is 0 Å². The zero-order chi connectivity index (χ0) is 17.3. The number of rotatable bonds is 4. The van der Waals surface area contributed by atoms with Gasteiger partial charge in [0.2, 0.25) is 0 Å². The Bertz CT molecular complexity index is 911. The quantitative estimate of drug-likeness (QED) is 0.273. The normalized spacial score (nSPS) is 11.8. The van der Waals surface area contributed by atoms with Gasteiger partial charge in [-0.1, -0.05) is 80.4 Å². The van der Waals surface area contributed by atoms with E-state index in [1.165, 1.54) is 21.7 Å². The highest BCUT2D eigenvalue weighted by atomic mass is 79.9. The first kappa shape index (κ1) is 17.4. The van der Waals surface area contributed by atoms with E-state index >= 15 is 0 Å². The van der Waals surface area contributed by atoms with E-state index in [1.54, 1.807) is 13.8 Å². The number of esters is 1. The van der Waals surface area contributed by atoms with Crippen molar-refractivity contribution in [1.29, 1.82) is 0 Å². The van der Waals surface area contributed by atoms with Gasteiger partial charge in [-0.05, 0) is 41.0 Å². The molecule has 0 bridgehead atoms. The van der Waals surface area contributed by atoms with E-state index < -0.39 is 4.32 Å². The molecule has 3 rings (SSSR count). The summed E-state index contributed by atoms with van der Waals surface area (Å²) in [5.74, 6) is -0.264. The predicted molar refractivity (Wildman–Crippen MR) is 107 cm³/mol. The molecule has 0 atom stereocenters. The van der Waals surface area contributed by atoms with Crippen LogP contribution in [0.2, 0.25) is 0 Å². The lowest BCUT2D eigenvalue weighted by Gasteiger charge is -2.19. The summed E-state index contributed by atoms with van der Waals surface area (Å²) in [4.78, 5) is 12.2. The SMILES string of the molecule is CC(C)(Br)C(=O)OCc1c(CBr)c2ccccc2c2ccccc12. The lowest BCUT2D eigenvalue weighted by molar-refractivity contribution is -0.146. The molecule has 24 heavy (non-hydrogen) atoms. The van der Waals surface area contributed by atoms with Crippen LogP contribution in [0.3, 0.4) is 0 Å². The number of carbonyl (C=O) groups is 1. The van der Waals surface area contributed by atoms with Gasteiger partial charge in [-0.3, -0.25) is 4.79 Å². The Morgan fingerprint density at radius 3 is 1.83 bits per heavy atom. The maximum absolute atomic E-state index is 12.2. The molecule has 0 fully saturated rings. The fourth-order valence-electron chi connectivity index (χ4n) is 2.91. The summed E-state index contributed by atoms with van der Waals surface area (Å²) in [6.45, 7) is 3.85. The first-order valence-corrected chi connectivity index (χ1v) is 9.68. The Kier molecular flexibility index (Phi) is 4.97. The molecule has 2 nitrogen and oxygen atoms in total. The van der Waals surface area contributed by atoms with Gasteiger partial charge in [0.25, 0.3) is 0 Å². The third-order valence-electron chi connectivity index (χ3n) is 4.13. The van der Waals surface area contributed by atoms with Crippen LogP contribution in [-0.2, 0) is 21.5 Å². The third kappa shape index (κ3) is 3.22. The molecule has 0 amide bonds. The van der Waals surface area contributed by atoms with Crippen molar-refractivity contribution in [2.24, 2.45) is 0 Å². The number of hydrogen-bond acceptors (Lipinski definition) is 2. The average Bonchev–Trinajstić information content (AvgIpc) is 2.58. The van der Waals surface area contributed by atoms with E-state index in [4.69, 9.17) is 4.74 Å². The average molecular weight is 450 g/mol. The first-order chi connectivity index (χ1) is 11.4. The highest BCUT2D eigenvalue weighted by molar-refractivity contribution is 9.10.